The van der Waals surface area contributed by atoms with E-state index in [1.165, 1.54) is 33.9 Å². The molecule has 0 radical (unpaired) electrons. The molecule has 0 bridgehead atoms. The summed E-state index contributed by atoms with van der Waals surface area (Å²) in [6.07, 6.45) is 4.60. The molecule has 3 aliphatic heterocycles. The van der Waals surface area contributed by atoms with Crippen LogP contribution in [0.15, 0.2) is 36.4 Å². The molecule has 0 unspecified atom stereocenters. The Hall–Kier alpha value is -3.21. The van der Waals surface area contributed by atoms with Crippen LogP contribution in [0, 0.1) is 19.4 Å². The highest BCUT2D eigenvalue weighted by atomic mass is 16.5. The molecular weight excluding hydrogens is 472 g/mol. The van der Waals surface area contributed by atoms with Crippen LogP contribution in [0.3, 0.4) is 0 Å². The van der Waals surface area contributed by atoms with Crippen molar-refractivity contribution < 1.29 is 4.74 Å². The van der Waals surface area contributed by atoms with Gasteiger partial charge in [-0.2, -0.15) is 9.97 Å². The van der Waals surface area contributed by atoms with Crippen molar-refractivity contribution in [2.24, 2.45) is 5.92 Å². The summed E-state index contributed by atoms with van der Waals surface area (Å²) in [7, 11) is 2.17. The first-order valence-electron chi connectivity index (χ1n) is 14.1. The fourth-order valence-corrected chi connectivity index (χ4v) is 6.61. The molecule has 0 amide bonds. The number of anilines is 1. The van der Waals surface area contributed by atoms with E-state index in [0.717, 1.165) is 70.0 Å². The molecule has 7 nitrogen and oxygen atoms in total. The summed E-state index contributed by atoms with van der Waals surface area (Å²) in [6, 6.07) is 14.1. The number of nitrogens with zero attached hydrogens (tertiary/aromatic N) is 6. The van der Waals surface area contributed by atoms with Gasteiger partial charge in [0.15, 0.2) is 0 Å². The molecule has 0 saturated carbocycles. The van der Waals surface area contributed by atoms with Crippen LogP contribution in [0.25, 0.3) is 15.6 Å². The van der Waals surface area contributed by atoms with Crippen molar-refractivity contribution in [3.05, 3.63) is 70.2 Å². The van der Waals surface area contributed by atoms with Gasteiger partial charge in [-0.05, 0) is 68.1 Å². The zero-order valence-electron chi connectivity index (χ0n) is 22.7. The second kappa shape index (κ2) is 10.9. The Kier molecular flexibility index (Phi) is 7.18. The van der Waals surface area contributed by atoms with Crippen LogP contribution in [0.5, 0.6) is 6.01 Å². The van der Waals surface area contributed by atoms with Crippen LogP contribution in [-0.4, -0.2) is 65.6 Å². The minimum Gasteiger partial charge on any atom is -0.462 e. The Labute approximate surface area is 226 Å². The zero-order valence-corrected chi connectivity index (χ0v) is 22.7. The number of hydrogen-bond donors (Lipinski definition) is 0. The normalized spacial score (nSPS) is 22.1. The number of benzene rings is 2. The molecule has 38 heavy (non-hydrogen) atoms. The lowest BCUT2D eigenvalue weighted by Gasteiger charge is -2.32. The standard InChI is InChI=1S/C31H38N6O/c1-22-8-4-10-24-11-5-12-25(29(22)24)18-36-19-27-28(20-36)33-31(38-21-26-13-7-14-35(26)3)34-30(27)37-15-6-9-23(17-37)16-32-2/h4-5,8,10-12,23,26H,6-7,9,13-21H2,1,3H3/t23-,26-/m0/s1. The predicted molar refractivity (Wildman–Crippen MR) is 151 cm³/mol. The smallest absolute Gasteiger partial charge is 0.318 e. The van der Waals surface area contributed by atoms with Crippen molar-refractivity contribution in [3.8, 4) is 6.01 Å². The average molecular weight is 511 g/mol. The van der Waals surface area contributed by atoms with E-state index in [-0.39, 0.29) is 0 Å². The van der Waals surface area contributed by atoms with E-state index in [1.807, 2.05) is 0 Å². The lowest BCUT2D eigenvalue weighted by atomic mass is 9.98. The maximum atomic E-state index is 7.37. The molecule has 3 aromatic rings. The highest BCUT2D eigenvalue weighted by molar-refractivity contribution is 5.88. The van der Waals surface area contributed by atoms with Crippen LogP contribution in [0.1, 0.15) is 48.1 Å². The van der Waals surface area contributed by atoms with Crippen LogP contribution < -0.4 is 9.64 Å². The van der Waals surface area contributed by atoms with Crippen molar-refractivity contribution in [2.45, 2.75) is 58.3 Å². The van der Waals surface area contributed by atoms with Gasteiger partial charge in [0.2, 0.25) is 6.54 Å². The van der Waals surface area contributed by atoms with Crippen LogP contribution >= 0.6 is 0 Å². The summed E-state index contributed by atoms with van der Waals surface area (Å²) in [5, 5.41) is 2.66. The Morgan fingerprint density at radius 3 is 2.71 bits per heavy atom. The number of likely N-dealkylation sites (tertiary alicyclic amines) is 1. The van der Waals surface area contributed by atoms with E-state index < -0.39 is 0 Å². The molecule has 7 heteroatoms. The monoisotopic (exact) mass is 510 g/mol. The molecular formula is C31H38N6O. The van der Waals surface area contributed by atoms with E-state index in [0.29, 0.717) is 31.1 Å². The number of hydrogen-bond acceptors (Lipinski definition) is 6. The van der Waals surface area contributed by atoms with E-state index in [2.05, 4.69) is 69.9 Å². The molecule has 2 fully saturated rings. The summed E-state index contributed by atoms with van der Waals surface area (Å²) in [4.78, 5) is 20.9. The van der Waals surface area contributed by atoms with Crippen LogP contribution in [0.2, 0.25) is 0 Å². The maximum absolute atomic E-state index is 7.37. The van der Waals surface area contributed by atoms with Gasteiger partial charge >= 0.3 is 6.01 Å². The van der Waals surface area contributed by atoms with Gasteiger partial charge in [0, 0.05) is 50.2 Å². The number of aromatic nitrogens is 2. The Morgan fingerprint density at radius 2 is 1.89 bits per heavy atom. The minimum absolute atomic E-state index is 0.402. The third-order valence-corrected chi connectivity index (χ3v) is 8.64. The third kappa shape index (κ3) is 5.08. The molecule has 2 atom stereocenters. The molecule has 2 saturated heterocycles. The van der Waals surface area contributed by atoms with E-state index in [4.69, 9.17) is 21.3 Å². The number of likely N-dealkylation sites (N-methyl/N-ethyl adjacent to an activating group) is 1. The molecule has 4 heterocycles. The van der Waals surface area contributed by atoms with Crippen LogP contribution in [0.4, 0.5) is 5.82 Å². The van der Waals surface area contributed by atoms with Crippen LogP contribution in [-0.2, 0) is 19.6 Å². The molecule has 1 aromatic heterocycles. The topological polar surface area (TPSA) is 49.1 Å². The van der Waals surface area contributed by atoms with Gasteiger partial charge in [-0.1, -0.05) is 36.4 Å². The highest BCUT2D eigenvalue weighted by Crippen LogP contribution is 2.35. The molecule has 198 valence electrons. The molecule has 0 aliphatic carbocycles. The highest BCUT2D eigenvalue weighted by Gasteiger charge is 2.32. The lowest BCUT2D eigenvalue weighted by Crippen LogP contribution is -2.38. The number of aryl methyl sites for hydroxylation is 1. The number of rotatable bonds is 7. The van der Waals surface area contributed by atoms with E-state index in [9.17, 15) is 0 Å². The van der Waals surface area contributed by atoms with Gasteiger partial charge < -0.3 is 19.4 Å². The molecule has 6 rings (SSSR count). The zero-order chi connectivity index (χ0) is 26.1. The second-order valence-electron chi connectivity index (χ2n) is 11.4. The fourth-order valence-electron chi connectivity index (χ4n) is 6.61. The van der Waals surface area contributed by atoms with Crippen molar-refractivity contribution >= 4 is 16.6 Å². The largest absolute Gasteiger partial charge is 0.462 e. The minimum atomic E-state index is 0.402. The van der Waals surface area contributed by atoms with Crippen molar-refractivity contribution in [1.29, 1.82) is 0 Å². The Balaban J connectivity index is 1.28. The maximum Gasteiger partial charge on any atom is 0.318 e. The number of ether oxygens (including phenoxy) is 1. The lowest BCUT2D eigenvalue weighted by molar-refractivity contribution is 0.187. The summed E-state index contributed by atoms with van der Waals surface area (Å²) < 4.78 is 6.26. The summed E-state index contributed by atoms with van der Waals surface area (Å²) >= 11 is 0. The SMILES string of the molecule is [C-]#[N+]C[C@@H]1CCCN(c2nc(OC[C@@H]3CCCN3C)nc3c2CN(Cc2cccc4cccc(C)c24)C3)C1. The first-order valence-corrected chi connectivity index (χ1v) is 14.1. The Morgan fingerprint density at radius 1 is 1.05 bits per heavy atom. The molecule has 0 N–H and O–H groups in total. The van der Waals surface area contributed by atoms with Gasteiger partial charge in [-0.15, -0.1) is 0 Å². The molecule has 3 aliphatic rings. The summed E-state index contributed by atoms with van der Waals surface area (Å²) in [5.74, 6) is 1.43. The fraction of sp³-hybridized carbons (Fsp3) is 0.516. The molecule has 0 spiro atoms. The van der Waals surface area contributed by atoms with Crippen molar-refractivity contribution in [1.82, 2.24) is 19.8 Å². The van der Waals surface area contributed by atoms with Gasteiger partial charge in [0.25, 0.3) is 0 Å². The first-order chi connectivity index (χ1) is 18.6. The summed E-state index contributed by atoms with van der Waals surface area (Å²) in [5.41, 5.74) is 5.01. The third-order valence-electron chi connectivity index (χ3n) is 8.64. The number of fused-ring (bicyclic) bond motifs is 2. The van der Waals surface area contributed by atoms with Gasteiger partial charge in [-0.3, -0.25) is 4.90 Å². The van der Waals surface area contributed by atoms with Crippen molar-refractivity contribution in [2.75, 3.05) is 44.7 Å². The second-order valence-corrected chi connectivity index (χ2v) is 11.4. The summed E-state index contributed by atoms with van der Waals surface area (Å²) in [6.45, 7) is 16.3. The van der Waals surface area contributed by atoms with Gasteiger partial charge in [0.05, 0.1) is 5.69 Å². The quantitative estimate of drug-likeness (QED) is 0.414. The van der Waals surface area contributed by atoms with E-state index in [1.54, 1.807) is 0 Å². The number of piperidine rings is 1. The van der Waals surface area contributed by atoms with Gasteiger partial charge in [0.1, 0.15) is 12.4 Å². The van der Waals surface area contributed by atoms with E-state index >= 15 is 0 Å². The molecule has 2 aromatic carbocycles. The first kappa shape index (κ1) is 25.1. The average Bonchev–Trinajstić information content (AvgIpc) is 3.52. The van der Waals surface area contributed by atoms with Gasteiger partial charge in [-0.25, -0.2) is 6.57 Å². The predicted octanol–water partition coefficient (Wildman–Crippen LogP) is 5.06. The van der Waals surface area contributed by atoms with Crippen molar-refractivity contribution in [3.63, 3.8) is 0 Å². The Bertz CT molecular complexity index is 1340.